The van der Waals surface area contributed by atoms with Gasteiger partial charge in [-0.2, -0.15) is 8.42 Å². The molecule has 0 aliphatic carbocycles. The third-order valence-corrected chi connectivity index (χ3v) is 5.34. The van der Waals surface area contributed by atoms with Gasteiger partial charge >= 0.3 is 0 Å². The molecule has 2 atom stereocenters. The van der Waals surface area contributed by atoms with Crippen LogP contribution < -0.4 is 0 Å². The van der Waals surface area contributed by atoms with E-state index in [0.29, 0.717) is 12.0 Å². The van der Waals surface area contributed by atoms with Crippen molar-refractivity contribution in [3.05, 3.63) is 71.8 Å². The van der Waals surface area contributed by atoms with Gasteiger partial charge in [0.1, 0.15) is 11.5 Å². The van der Waals surface area contributed by atoms with Gasteiger partial charge in [-0.1, -0.05) is 36.4 Å². The summed E-state index contributed by atoms with van der Waals surface area (Å²) < 4.78 is 32.6. The van der Waals surface area contributed by atoms with Crippen molar-refractivity contribution in [3.63, 3.8) is 0 Å². The van der Waals surface area contributed by atoms with E-state index in [0.717, 1.165) is 5.56 Å². The number of aliphatic hydroxyl groups excluding tert-OH is 1. The van der Waals surface area contributed by atoms with Crippen LogP contribution in [-0.2, 0) is 16.5 Å². The molecule has 0 bridgehead atoms. The van der Waals surface area contributed by atoms with Crippen molar-refractivity contribution in [1.29, 1.82) is 0 Å². The zero-order valence-electron chi connectivity index (χ0n) is 14.1. The lowest BCUT2D eigenvalue weighted by Crippen LogP contribution is -2.20. The first-order chi connectivity index (χ1) is 12.3. The maximum Gasteiger partial charge on any atom is 0.268 e. The highest BCUT2D eigenvalue weighted by Crippen LogP contribution is 2.20. The van der Waals surface area contributed by atoms with Crippen LogP contribution in [0.2, 0.25) is 0 Å². The van der Waals surface area contributed by atoms with E-state index in [4.69, 9.17) is 0 Å². The monoisotopic (exact) mass is 378 g/mol. The Balaban J connectivity index is 1.96. The van der Waals surface area contributed by atoms with Gasteiger partial charge in [-0.3, -0.25) is 4.55 Å². The molecule has 0 aromatic heterocycles. The lowest BCUT2D eigenvalue weighted by Gasteiger charge is -2.12. The summed E-state index contributed by atoms with van der Waals surface area (Å²) in [5.41, 5.74) is 1.41. The second-order valence-electron chi connectivity index (χ2n) is 6.04. The van der Waals surface area contributed by atoms with E-state index in [1.54, 1.807) is 24.3 Å². The Morgan fingerprint density at radius 1 is 0.923 bits per heavy atom. The Morgan fingerprint density at radius 3 is 2.00 bits per heavy atom. The van der Waals surface area contributed by atoms with Gasteiger partial charge in [0.25, 0.3) is 10.1 Å². The van der Waals surface area contributed by atoms with Crippen LogP contribution in [0.5, 0.6) is 11.5 Å². The van der Waals surface area contributed by atoms with Crippen LogP contribution >= 0.6 is 0 Å². The van der Waals surface area contributed by atoms with E-state index < -0.39 is 21.5 Å². The summed E-state index contributed by atoms with van der Waals surface area (Å²) >= 11 is 0. The highest BCUT2D eigenvalue weighted by atomic mass is 32.2. The van der Waals surface area contributed by atoms with E-state index in [2.05, 4.69) is 0 Å². The first-order valence-electron chi connectivity index (χ1n) is 8.13. The van der Waals surface area contributed by atoms with E-state index in [-0.39, 0.29) is 24.3 Å². The predicted octanol–water partition coefficient (Wildman–Crippen LogP) is 2.97. The average Bonchev–Trinajstić information content (AvgIpc) is 2.58. The van der Waals surface area contributed by atoms with Crippen LogP contribution in [0.15, 0.2) is 60.7 Å². The van der Waals surface area contributed by atoms with Gasteiger partial charge in [0, 0.05) is 0 Å². The molecule has 26 heavy (non-hydrogen) atoms. The SMILES string of the molecule is O=S(=O)(O)C(CC=CC(O)c1ccc(O)cc1)CCc1ccc(O)cc1. The zero-order chi connectivity index (χ0) is 19.2. The summed E-state index contributed by atoms with van der Waals surface area (Å²) in [5.74, 6) is 0.219. The second kappa shape index (κ2) is 8.84. The normalized spacial score (nSPS) is 14.4. The predicted molar refractivity (Wildman–Crippen MR) is 98.6 cm³/mol. The largest absolute Gasteiger partial charge is 0.508 e. The maximum atomic E-state index is 11.6. The number of aliphatic hydroxyl groups is 1. The third kappa shape index (κ3) is 6.18. The summed E-state index contributed by atoms with van der Waals surface area (Å²) in [6, 6.07) is 12.5. The minimum absolute atomic E-state index is 0.0616. The Morgan fingerprint density at radius 2 is 1.46 bits per heavy atom. The van der Waals surface area contributed by atoms with E-state index in [9.17, 15) is 28.3 Å². The summed E-state index contributed by atoms with van der Waals surface area (Å²) in [5, 5.41) is 27.6. The van der Waals surface area contributed by atoms with Crippen molar-refractivity contribution >= 4 is 10.1 Å². The smallest absolute Gasteiger partial charge is 0.268 e. The number of allylic oxidation sites excluding steroid dienone is 1. The minimum Gasteiger partial charge on any atom is -0.508 e. The highest BCUT2D eigenvalue weighted by Gasteiger charge is 2.21. The van der Waals surface area contributed by atoms with E-state index >= 15 is 0 Å². The van der Waals surface area contributed by atoms with Gasteiger partial charge in [0.2, 0.25) is 0 Å². The number of hydrogen-bond donors (Lipinski definition) is 4. The maximum absolute atomic E-state index is 11.6. The Hall–Kier alpha value is -2.35. The molecule has 0 saturated carbocycles. The number of phenols is 2. The summed E-state index contributed by atoms with van der Waals surface area (Å²) in [6.07, 6.45) is 2.74. The highest BCUT2D eigenvalue weighted by molar-refractivity contribution is 7.86. The van der Waals surface area contributed by atoms with Gasteiger partial charge in [0.15, 0.2) is 0 Å². The van der Waals surface area contributed by atoms with Gasteiger partial charge in [-0.25, -0.2) is 0 Å². The molecular formula is C19H22O6S. The standard InChI is InChI=1S/C19H22O6S/c20-16-9-4-14(5-10-16)6-13-18(26(23,24)25)2-1-3-19(22)15-7-11-17(21)12-8-15/h1,3-5,7-12,18-22H,2,6,13H2,(H,23,24,25). The number of phenolic OH excluding ortho intramolecular Hbond substituents is 2. The average molecular weight is 378 g/mol. The first kappa shape index (κ1) is 20.0. The topological polar surface area (TPSA) is 115 Å². The molecule has 2 aromatic rings. The molecule has 0 amide bonds. The summed E-state index contributed by atoms with van der Waals surface area (Å²) in [6.45, 7) is 0. The minimum atomic E-state index is -4.23. The van der Waals surface area contributed by atoms with Crippen LogP contribution in [0.3, 0.4) is 0 Å². The van der Waals surface area contributed by atoms with Gasteiger partial charge in [-0.05, 0) is 54.7 Å². The molecule has 2 rings (SSSR count). The molecule has 4 N–H and O–H groups in total. The van der Waals surface area contributed by atoms with Crippen molar-refractivity contribution in [2.24, 2.45) is 0 Å². The van der Waals surface area contributed by atoms with Crippen LogP contribution in [0.1, 0.15) is 30.1 Å². The molecule has 2 aromatic carbocycles. The molecule has 0 spiro atoms. The number of aromatic hydroxyl groups is 2. The molecule has 0 radical (unpaired) electrons. The van der Waals surface area contributed by atoms with Crippen LogP contribution in [0.25, 0.3) is 0 Å². The fourth-order valence-electron chi connectivity index (χ4n) is 2.52. The van der Waals surface area contributed by atoms with Crippen LogP contribution in [0.4, 0.5) is 0 Å². The summed E-state index contributed by atoms with van der Waals surface area (Å²) in [4.78, 5) is 0. The summed E-state index contributed by atoms with van der Waals surface area (Å²) in [7, 11) is -4.23. The first-order valence-corrected chi connectivity index (χ1v) is 9.64. The quantitative estimate of drug-likeness (QED) is 0.415. The molecule has 0 aliphatic heterocycles. The molecule has 2 unspecified atom stereocenters. The zero-order valence-corrected chi connectivity index (χ0v) is 14.9. The lowest BCUT2D eigenvalue weighted by atomic mass is 10.1. The second-order valence-corrected chi connectivity index (χ2v) is 7.74. The number of hydrogen-bond acceptors (Lipinski definition) is 5. The van der Waals surface area contributed by atoms with E-state index in [1.165, 1.54) is 36.4 Å². The molecule has 0 heterocycles. The van der Waals surface area contributed by atoms with Crippen molar-refractivity contribution < 1.29 is 28.3 Å². The fourth-order valence-corrected chi connectivity index (χ4v) is 3.29. The van der Waals surface area contributed by atoms with E-state index in [1.807, 2.05) is 0 Å². The Bertz CT molecular complexity index is 825. The number of aryl methyl sites for hydroxylation is 1. The molecule has 0 fully saturated rings. The molecule has 140 valence electrons. The third-order valence-electron chi connectivity index (χ3n) is 4.06. The number of rotatable bonds is 8. The number of benzene rings is 2. The molecule has 0 saturated heterocycles. The van der Waals surface area contributed by atoms with Crippen molar-refractivity contribution in [1.82, 2.24) is 0 Å². The van der Waals surface area contributed by atoms with Gasteiger partial charge < -0.3 is 15.3 Å². The molecule has 6 nitrogen and oxygen atoms in total. The Kier molecular flexibility index (Phi) is 6.79. The van der Waals surface area contributed by atoms with Gasteiger partial charge in [-0.15, -0.1) is 0 Å². The van der Waals surface area contributed by atoms with Gasteiger partial charge in [0.05, 0.1) is 11.4 Å². The molecular weight excluding hydrogens is 356 g/mol. The van der Waals surface area contributed by atoms with Crippen LogP contribution in [-0.4, -0.2) is 33.5 Å². The lowest BCUT2D eigenvalue weighted by molar-refractivity contribution is 0.228. The van der Waals surface area contributed by atoms with Crippen molar-refractivity contribution in [3.8, 4) is 11.5 Å². The van der Waals surface area contributed by atoms with Crippen molar-refractivity contribution in [2.45, 2.75) is 30.6 Å². The fraction of sp³-hybridized carbons (Fsp3) is 0.263. The molecule has 0 aliphatic rings. The van der Waals surface area contributed by atoms with Crippen LogP contribution in [0, 0.1) is 0 Å². The van der Waals surface area contributed by atoms with Crippen molar-refractivity contribution in [2.75, 3.05) is 0 Å². The molecule has 7 heteroatoms. The Labute approximate surface area is 152 Å².